The highest BCUT2D eigenvalue weighted by molar-refractivity contribution is 5.79. The second-order valence-electron chi connectivity index (χ2n) is 7.03. The molecule has 144 valence electrons. The van der Waals surface area contributed by atoms with Crippen molar-refractivity contribution in [1.82, 2.24) is 15.0 Å². The Hall–Kier alpha value is -3.78. The minimum Gasteiger partial charge on any atom is -0.497 e. The Bertz CT molecular complexity index is 1180. The smallest absolute Gasteiger partial charge is 0.201 e. The van der Waals surface area contributed by atoms with Crippen LogP contribution in [0.25, 0.3) is 22.2 Å². The first-order valence-corrected chi connectivity index (χ1v) is 9.49. The topological polar surface area (TPSA) is 62.8 Å². The largest absolute Gasteiger partial charge is 0.497 e. The molecule has 2 aromatic heterocycles. The summed E-state index contributed by atoms with van der Waals surface area (Å²) in [7, 11) is 1.66. The Balaban J connectivity index is 1.52. The van der Waals surface area contributed by atoms with Gasteiger partial charge in [-0.1, -0.05) is 24.1 Å². The molecule has 0 radical (unpaired) electrons. The highest BCUT2D eigenvalue weighted by Crippen LogP contribution is 2.21. The van der Waals surface area contributed by atoms with E-state index in [9.17, 15) is 0 Å². The van der Waals surface area contributed by atoms with Gasteiger partial charge in [-0.3, -0.25) is 0 Å². The number of benzene rings is 2. The van der Waals surface area contributed by atoms with Gasteiger partial charge in [0.25, 0.3) is 0 Å². The summed E-state index contributed by atoms with van der Waals surface area (Å²) in [6.45, 7) is 4.16. The first kappa shape index (κ1) is 18.6. The molecule has 0 unspecified atom stereocenters. The highest BCUT2D eigenvalue weighted by atomic mass is 16.5. The van der Waals surface area contributed by atoms with Gasteiger partial charge in [-0.05, 0) is 61.7 Å². The lowest BCUT2D eigenvalue weighted by Gasteiger charge is -2.04. The van der Waals surface area contributed by atoms with Crippen molar-refractivity contribution in [3.63, 3.8) is 0 Å². The molecule has 0 atom stereocenters. The number of hydrogen-bond acceptors (Lipinski definition) is 4. The van der Waals surface area contributed by atoms with Gasteiger partial charge in [0.15, 0.2) is 0 Å². The molecule has 0 saturated heterocycles. The Labute approximate surface area is 170 Å². The van der Waals surface area contributed by atoms with Crippen LogP contribution in [0.2, 0.25) is 0 Å². The van der Waals surface area contributed by atoms with Gasteiger partial charge in [0.1, 0.15) is 11.4 Å². The number of H-pyrrole nitrogens is 1. The maximum absolute atomic E-state index is 5.20. The molecule has 0 spiro atoms. The van der Waals surface area contributed by atoms with Gasteiger partial charge < -0.3 is 15.0 Å². The third kappa shape index (κ3) is 4.39. The summed E-state index contributed by atoms with van der Waals surface area (Å²) < 4.78 is 5.20. The predicted octanol–water partition coefficient (Wildman–Crippen LogP) is 4.85. The van der Waals surface area contributed by atoms with E-state index in [0.29, 0.717) is 6.04 Å². The van der Waals surface area contributed by atoms with Crippen LogP contribution in [0.3, 0.4) is 0 Å². The predicted molar refractivity (Wildman–Crippen MR) is 117 cm³/mol. The number of anilines is 1. The summed E-state index contributed by atoms with van der Waals surface area (Å²) in [6, 6.07) is 18.2. The van der Waals surface area contributed by atoms with E-state index in [-0.39, 0.29) is 0 Å². The van der Waals surface area contributed by atoms with E-state index in [1.165, 1.54) is 0 Å². The summed E-state index contributed by atoms with van der Waals surface area (Å²) in [6.07, 6.45) is 1.84. The van der Waals surface area contributed by atoms with Crippen LogP contribution in [-0.4, -0.2) is 28.1 Å². The summed E-state index contributed by atoms with van der Waals surface area (Å²) in [5.74, 6) is 7.92. The van der Waals surface area contributed by atoms with Crippen molar-refractivity contribution in [3.8, 4) is 28.7 Å². The zero-order valence-electron chi connectivity index (χ0n) is 16.7. The van der Waals surface area contributed by atoms with Crippen molar-refractivity contribution in [2.45, 2.75) is 19.9 Å². The lowest BCUT2D eigenvalue weighted by atomic mass is 10.1. The average Bonchev–Trinajstić information content (AvgIpc) is 3.13. The molecule has 2 N–H and O–H groups in total. The highest BCUT2D eigenvalue weighted by Gasteiger charge is 2.04. The van der Waals surface area contributed by atoms with E-state index in [0.717, 1.165) is 45.1 Å². The minimum absolute atomic E-state index is 0.321. The zero-order valence-corrected chi connectivity index (χ0v) is 16.7. The van der Waals surface area contributed by atoms with Gasteiger partial charge in [0.05, 0.1) is 18.1 Å². The molecule has 0 aliphatic carbocycles. The van der Waals surface area contributed by atoms with Crippen molar-refractivity contribution < 1.29 is 4.74 Å². The molecule has 5 heteroatoms. The molecule has 0 saturated carbocycles. The third-order valence-electron chi connectivity index (χ3n) is 4.43. The zero-order chi connectivity index (χ0) is 20.2. The minimum atomic E-state index is 0.321. The number of aromatic amines is 1. The lowest BCUT2D eigenvalue weighted by molar-refractivity contribution is 0.415. The molecule has 0 bridgehead atoms. The third-order valence-corrected chi connectivity index (χ3v) is 4.43. The number of imidazole rings is 1. The molecule has 0 aliphatic heterocycles. The van der Waals surface area contributed by atoms with E-state index in [1.54, 1.807) is 7.11 Å². The van der Waals surface area contributed by atoms with Crippen molar-refractivity contribution in [3.05, 3.63) is 72.1 Å². The normalized spacial score (nSPS) is 10.6. The molecular formula is C24H22N4O. The second-order valence-corrected chi connectivity index (χ2v) is 7.03. The second kappa shape index (κ2) is 8.07. The van der Waals surface area contributed by atoms with Gasteiger partial charge >= 0.3 is 0 Å². The number of hydrogen-bond donors (Lipinski definition) is 2. The van der Waals surface area contributed by atoms with E-state index in [2.05, 4.69) is 46.0 Å². The molecule has 2 heterocycles. The molecule has 4 rings (SSSR count). The fourth-order valence-corrected chi connectivity index (χ4v) is 2.99. The molecule has 5 nitrogen and oxygen atoms in total. The monoisotopic (exact) mass is 382 g/mol. The van der Waals surface area contributed by atoms with Crippen LogP contribution < -0.4 is 10.1 Å². The van der Waals surface area contributed by atoms with E-state index < -0.39 is 0 Å². The average molecular weight is 382 g/mol. The van der Waals surface area contributed by atoms with Crippen LogP contribution in [0.15, 0.2) is 60.8 Å². The van der Waals surface area contributed by atoms with Crippen LogP contribution in [0.5, 0.6) is 5.75 Å². The fraction of sp³-hybridized carbons (Fsp3) is 0.167. The Morgan fingerprint density at radius 2 is 1.76 bits per heavy atom. The first-order chi connectivity index (χ1) is 14.1. The number of fused-ring (bicyclic) bond motifs is 1. The maximum Gasteiger partial charge on any atom is 0.201 e. The maximum atomic E-state index is 5.20. The number of aromatic nitrogens is 3. The van der Waals surface area contributed by atoms with Gasteiger partial charge in [0, 0.05) is 23.4 Å². The molecular weight excluding hydrogens is 360 g/mol. The number of ether oxygens (including phenoxy) is 1. The van der Waals surface area contributed by atoms with Crippen LogP contribution in [0.1, 0.15) is 25.1 Å². The summed E-state index contributed by atoms with van der Waals surface area (Å²) in [4.78, 5) is 12.3. The summed E-state index contributed by atoms with van der Waals surface area (Å²) in [5, 5.41) is 3.28. The summed E-state index contributed by atoms with van der Waals surface area (Å²) in [5.41, 5.74) is 5.66. The Kier molecular flexibility index (Phi) is 5.17. The number of methoxy groups -OCH3 is 1. The van der Waals surface area contributed by atoms with Gasteiger partial charge in [-0.15, -0.1) is 0 Å². The van der Waals surface area contributed by atoms with E-state index in [1.807, 2.05) is 60.8 Å². The number of nitrogens with zero attached hydrogens (tertiary/aromatic N) is 2. The van der Waals surface area contributed by atoms with Crippen LogP contribution in [0, 0.1) is 11.8 Å². The van der Waals surface area contributed by atoms with Crippen molar-refractivity contribution in [1.29, 1.82) is 0 Å². The first-order valence-electron chi connectivity index (χ1n) is 9.49. The van der Waals surface area contributed by atoms with E-state index >= 15 is 0 Å². The molecule has 4 aromatic rings. The van der Waals surface area contributed by atoms with Gasteiger partial charge in [-0.25, -0.2) is 9.97 Å². The molecule has 0 amide bonds. The number of nitrogens with one attached hydrogen (secondary N) is 2. The van der Waals surface area contributed by atoms with Gasteiger partial charge in [-0.2, -0.15) is 0 Å². The molecule has 0 fully saturated rings. The van der Waals surface area contributed by atoms with Crippen molar-refractivity contribution >= 4 is 17.0 Å². The molecule has 2 aromatic carbocycles. The van der Waals surface area contributed by atoms with Crippen LogP contribution in [0.4, 0.5) is 5.95 Å². The SMILES string of the molecule is COc1ccc(-c2ccc(C#Cc3ccc4nc(NC(C)C)[nH]c4c3)nc2)cc1. The lowest BCUT2D eigenvalue weighted by Crippen LogP contribution is -2.10. The quantitative estimate of drug-likeness (QED) is 0.495. The van der Waals surface area contributed by atoms with Gasteiger partial charge in [0.2, 0.25) is 5.95 Å². The van der Waals surface area contributed by atoms with E-state index in [4.69, 9.17) is 4.74 Å². The standard InChI is InChI=1S/C24H22N4O/c1-16(2)26-24-27-22-13-5-17(14-23(22)28-24)4-9-20-10-6-19(15-25-20)18-7-11-21(29-3)12-8-18/h5-8,10-16H,1-3H3,(H2,26,27,28). The van der Waals surface area contributed by atoms with Crippen molar-refractivity contribution in [2.24, 2.45) is 0 Å². The Morgan fingerprint density at radius 1 is 0.966 bits per heavy atom. The summed E-state index contributed by atoms with van der Waals surface area (Å²) >= 11 is 0. The fourth-order valence-electron chi connectivity index (χ4n) is 2.99. The molecule has 0 aliphatic rings. The Morgan fingerprint density at radius 3 is 2.45 bits per heavy atom. The number of pyridine rings is 1. The van der Waals surface area contributed by atoms with Crippen molar-refractivity contribution in [2.75, 3.05) is 12.4 Å². The molecule has 29 heavy (non-hydrogen) atoms. The van der Waals surface area contributed by atoms with Crippen LogP contribution in [-0.2, 0) is 0 Å². The van der Waals surface area contributed by atoms with Crippen LogP contribution >= 0.6 is 0 Å². The number of rotatable bonds is 4.